The zero-order valence-electron chi connectivity index (χ0n) is 14.4. The van der Waals surface area contributed by atoms with E-state index in [9.17, 15) is 10.1 Å². The van der Waals surface area contributed by atoms with Crippen LogP contribution in [-0.2, 0) is 0 Å². The van der Waals surface area contributed by atoms with E-state index < -0.39 is 5.78 Å². The van der Waals surface area contributed by atoms with Gasteiger partial charge in [0.05, 0.1) is 26.4 Å². The summed E-state index contributed by atoms with van der Waals surface area (Å²) in [5.74, 6) is 1.18. The molecule has 0 radical (unpaired) electrons. The number of hydrogen-bond acceptors (Lipinski definition) is 5. The lowest BCUT2D eigenvalue weighted by Crippen LogP contribution is -2.04. The fourth-order valence-electron chi connectivity index (χ4n) is 2.34. The van der Waals surface area contributed by atoms with Crippen LogP contribution in [-0.4, -0.2) is 26.6 Å². The molecule has 0 atom stereocenters. The van der Waals surface area contributed by atoms with Gasteiger partial charge in [-0.15, -0.1) is 0 Å². The summed E-state index contributed by atoms with van der Waals surface area (Å²) in [6.45, 7) is 2.40. The maximum atomic E-state index is 12.7. The Hall–Kier alpha value is -3.26. The summed E-state index contributed by atoms with van der Waals surface area (Å²) < 4.78 is 16.0. The molecule has 0 amide bonds. The zero-order chi connectivity index (χ0) is 18.2. The molecule has 25 heavy (non-hydrogen) atoms. The number of nitriles is 1. The molecule has 0 bridgehead atoms. The van der Waals surface area contributed by atoms with Gasteiger partial charge >= 0.3 is 0 Å². The molecular weight excluding hydrogens is 318 g/mol. The molecule has 0 fully saturated rings. The molecular formula is C20H19NO4. The number of carbonyl (C=O) groups excluding carboxylic acids is 1. The van der Waals surface area contributed by atoms with Crippen molar-refractivity contribution in [3.63, 3.8) is 0 Å². The van der Waals surface area contributed by atoms with Crippen LogP contribution in [0.4, 0.5) is 0 Å². The van der Waals surface area contributed by atoms with E-state index in [0.717, 1.165) is 0 Å². The predicted molar refractivity (Wildman–Crippen MR) is 95.1 cm³/mol. The number of hydrogen-bond donors (Lipinski definition) is 0. The highest BCUT2D eigenvalue weighted by molar-refractivity contribution is 6.15. The Morgan fingerprint density at radius 2 is 1.80 bits per heavy atom. The third kappa shape index (κ3) is 4.18. The molecule has 2 aromatic rings. The molecule has 0 spiro atoms. The summed E-state index contributed by atoms with van der Waals surface area (Å²) >= 11 is 0. The van der Waals surface area contributed by atoms with Gasteiger partial charge in [0.25, 0.3) is 0 Å². The van der Waals surface area contributed by atoms with Crippen molar-refractivity contribution in [1.82, 2.24) is 0 Å². The number of allylic oxidation sites excluding steroid dienone is 1. The first kappa shape index (κ1) is 18.1. The highest BCUT2D eigenvalue weighted by atomic mass is 16.5. The van der Waals surface area contributed by atoms with Crippen molar-refractivity contribution in [2.75, 3.05) is 20.8 Å². The van der Waals surface area contributed by atoms with Crippen molar-refractivity contribution in [3.8, 4) is 23.3 Å². The Bertz CT molecular complexity index is 834. The van der Waals surface area contributed by atoms with Crippen molar-refractivity contribution in [1.29, 1.82) is 5.26 Å². The van der Waals surface area contributed by atoms with E-state index >= 15 is 0 Å². The number of para-hydroxylation sites is 1. The van der Waals surface area contributed by atoms with Crippen LogP contribution < -0.4 is 14.2 Å². The predicted octanol–water partition coefficient (Wildman–Crippen LogP) is 3.89. The second-order valence-corrected chi connectivity index (χ2v) is 5.04. The van der Waals surface area contributed by atoms with Crippen molar-refractivity contribution >= 4 is 11.9 Å². The van der Waals surface area contributed by atoms with Crippen molar-refractivity contribution < 1.29 is 19.0 Å². The van der Waals surface area contributed by atoms with Gasteiger partial charge in [-0.05, 0) is 42.8 Å². The number of rotatable bonds is 7. The highest BCUT2D eigenvalue weighted by Crippen LogP contribution is 2.29. The second kappa shape index (κ2) is 8.55. The maximum Gasteiger partial charge on any atom is 0.207 e. The van der Waals surface area contributed by atoms with Crippen molar-refractivity contribution in [2.45, 2.75) is 6.92 Å². The smallest absolute Gasteiger partial charge is 0.207 e. The van der Waals surface area contributed by atoms with Gasteiger partial charge in [0.2, 0.25) is 5.78 Å². The van der Waals surface area contributed by atoms with E-state index in [2.05, 4.69) is 0 Å². The van der Waals surface area contributed by atoms with Gasteiger partial charge in [0.1, 0.15) is 17.4 Å². The highest BCUT2D eigenvalue weighted by Gasteiger charge is 2.16. The average Bonchev–Trinajstić information content (AvgIpc) is 2.66. The molecule has 5 nitrogen and oxygen atoms in total. The number of benzene rings is 2. The number of ether oxygens (including phenoxy) is 3. The fourth-order valence-corrected chi connectivity index (χ4v) is 2.34. The minimum absolute atomic E-state index is 0.00992. The Balaban J connectivity index is 2.40. The largest absolute Gasteiger partial charge is 0.496 e. The molecule has 0 saturated carbocycles. The van der Waals surface area contributed by atoms with Crippen LogP contribution in [0.3, 0.4) is 0 Å². The summed E-state index contributed by atoms with van der Waals surface area (Å²) in [7, 11) is 3.02. The Morgan fingerprint density at radius 1 is 1.08 bits per heavy atom. The Morgan fingerprint density at radius 3 is 2.44 bits per heavy atom. The van der Waals surface area contributed by atoms with Crippen LogP contribution in [0.25, 0.3) is 6.08 Å². The number of methoxy groups -OCH3 is 2. The van der Waals surface area contributed by atoms with Crippen LogP contribution in [0.1, 0.15) is 22.8 Å². The molecule has 0 heterocycles. The minimum atomic E-state index is -0.396. The van der Waals surface area contributed by atoms with Crippen LogP contribution in [0.15, 0.2) is 48.0 Å². The fraction of sp³-hybridized carbons (Fsp3) is 0.200. The summed E-state index contributed by atoms with van der Waals surface area (Å²) in [6.07, 6.45) is 1.52. The molecule has 0 N–H and O–H groups in total. The topological polar surface area (TPSA) is 68.5 Å². The summed E-state index contributed by atoms with van der Waals surface area (Å²) in [5.41, 5.74) is 1.02. The van der Waals surface area contributed by atoms with Crippen molar-refractivity contribution in [3.05, 3.63) is 59.2 Å². The van der Waals surface area contributed by atoms with Gasteiger partial charge in [-0.25, -0.2) is 0 Å². The Labute approximate surface area is 147 Å². The first-order valence-corrected chi connectivity index (χ1v) is 7.75. The monoisotopic (exact) mass is 337 g/mol. The lowest BCUT2D eigenvalue weighted by molar-refractivity contribution is 0.103. The molecule has 0 aromatic heterocycles. The lowest BCUT2D eigenvalue weighted by Gasteiger charge is -2.10. The quantitative estimate of drug-likeness (QED) is 0.435. The zero-order valence-corrected chi connectivity index (χ0v) is 14.4. The van der Waals surface area contributed by atoms with E-state index in [1.165, 1.54) is 20.3 Å². The first-order valence-electron chi connectivity index (χ1n) is 7.75. The SMILES string of the molecule is CCOc1ccc(/C=C(\C#N)C(=O)c2ccccc2OC)cc1OC. The van der Waals surface area contributed by atoms with Gasteiger partial charge < -0.3 is 14.2 Å². The third-order valence-corrected chi connectivity index (χ3v) is 3.52. The van der Waals surface area contributed by atoms with Gasteiger partial charge in [-0.1, -0.05) is 18.2 Å². The van der Waals surface area contributed by atoms with Gasteiger partial charge in [-0.3, -0.25) is 4.79 Å². The van der Waals surface area contributed by atoms with Crippen LogP contribution in [0.2, 0.25) is 0 Å². The Kier molecular flexibility index (Phi) is 6.19. The second-order valence-electron chi connectivity index (χ2n) is 5.04. The third-order valence-electron chi connectivity index (χ3n) is 3.52. The molecule has 0 saturated heterocycles. The van der Waals surface area contributed by atoms with E-state index in [0.29, 0.717) is 35.0 Å². The van der Waals surface area contributed by atoms with Gasteiger partial charge in [-0.2, -0.15) is 5.26 Å². The standard InChI is InChI=1S/C20H19NO4/c1-4-25-18-10-9-14(12-19(18)24-3)11-15(13-21)20(22)16-7-5-6-8-17(16)23-2/h5-12H,4H2,1-3H3/b15-11+. The number of carbonyl (C=O) groups is 1. The summed E-state index contributed by atoms with van der Waals surface area (Å²) in [6, 6.07) is 14.0. The molecule has 0 aliphatic rings. The summed E-state index contributed by atoms with van der Waals surface area (Å²) in [5, 5.41) is 9.41. The minimum Gasteiger partial charge on any atom is -0.496 e. The normalized spacial score (nSPS) is 10.7. The molecule has 0 aliphatic heterocycles. The van der Waals surface area contributed by atoms with Gasteiger partial charge in [0, 0.05) is 0 Å². The molecule has 5 heteroatoms. The molecule has 2 aromatic carbocycles. The summed E-state index contributed by atoms with van der Waals surface area (Å²) in [4.78, 5) is 12.7. The van der Waals surface area contributed by atoms with E-state index in [1.54, 1.807) is 42.5 Å². The molecule has 128 valence electrons. The lowest BCUT2D eigenvalue weighted by atomic mass is 10.0. The molecule has 2 rings (SSSR count). The average molecular weight is 337 g/mol. The number of ketones is 1. The molecule has 0 aliphatic carbocycles. The first-order chi connectivity index (χ1) is 12.1. The van der Waals surface area contributed by atoms with Crippen LogP contribution in [0.5, 0.6) is 17.2 Å². The maximum absolute atomic E-state index is 12.7. The van der Waals surface area contributed by atoms with E-state index in [1.807, 2.05) is 13.0 Å². The van der Waals surface area contributed by atoms with Crippen LogP contribution >= 0.6 is 0 Å². The number of nitrogens with zero attached hydrogens (tertiary/aromatic N) is 1. The van der Waals surface area contributed by atoms with E-state index in [-0.39, 0.29) is 5.57 Å². The molecule has 0 unspecified atom stereocenters. The van der Waals surface area contributed by atoms with E-state index in [4.69, 9.17) is 14.2 Å². The van der Waals surface area contributed by atoms with Gasteiger partial charge in [0.15, 0.2) is 11.5 Å². The number of Topliss-reactive ketones (excluding diaryl/α,β-unsaturated/α-hetero) is 1. The van der Waals surface area contributed by atoms with Crippen LogP contribution in [0, 0.1) is 11.3 Å². The van der Waals surface area contributed by atoms with Crippen molar-refractivity contribution in [2.24, 2.45) is 0 Å².